The maximum atomic E-state index is 8.81. The summed E-state index contributed by atoms with van der Waals surface area (Å²) in [5.41, 5.74) is 9.13. The Morgan fingerprint density at radius 2 is 2.10 bits per heavy atom. The number of nitrogens with zero attached hydrogens (tertiary/aromatic N) is 2. The van der Waals surface area contributed by atoms with Crippen LogP contribution in [0.1, 0.15) is 12.8 Å². The van der Waals surface area contributed by atoms with Crippen molar-refractivity contribution in [1.82, 2.24) is 4.98 Å². The molecule has 0 radical (unpaired) electrons. The van der Waals surface area contributed by atoms with Crippen molar-refractivity contribution in [2.75, 3.05) is 36.9 Å². The molecular formula is C16H21N3O2. The van der Waals surface area contributed by atoms with Gasteiger partial charge in [-0.05, 0) is 37.1 Å². The van der Waals surface area contributed by atoms with Crippen LogP contribution in [0.4, 0.5) is 11.4 Å². The Morgan fingerprint density at radius 3 is 2.86 bits per heavy atom. The van der Waals surface area contributed by atoms with Gasteiger partial charge < -0.3 is 20.5 Å². The van der Waals surface area contributed by atoms with E-state index in [2.05, 4.69) is 16.0 Å². The van der Waals surface area contributed by atoms with Crippen LogP contribution >= 0.6 is 0 Å². The van der Waals surface area contributed by atoms with Gasteiger partial charge in [-0.3, -0.25) is 4.98 Å². The molecule has 0 saturated carbocycles. The number of anilines is 2. The highest BCUT2D eigenvalue weighted by atomic mass is 16.5. The van der Waals surface area contributed by atoms with Gasteiger partial charge in [-0.15, -0.1) is 0 Å². The molecule has 0 unspecified atom stereocenters. The van der Waals surface area contributed by atoms with Gasteiger partial charge in [-0.1, -0.05) is 0 Å². The van der Waals surface area contributed by atoms with Gasteiger partial charge in [0.25, 0.3) is 0 Å². The van der Waals surface area contributed by atoms with Gasteiger partial charge >= 0.3 is 0 Å². The van der Waals surface area contributed by atoms with Crippen LogP contribution in [-0.2, 0) is 4.74 Å². The fraction of sp³-hybridized carbons (Fsp3) is 0.438. The van der Waals surface area contributed by atoms with Crippen molar-refractivity contribution in [3.05, 3.63) is 30.5 Å². The van der Waals surface area contributed by atoms with Crippen molar-refractivity contribution >= 4 is 22.3 Å². The predicted molar refractivity (Wildman–Crippen MR) is 84.4 cm³/mol. The average Bonchev–Trinajstić information content (AvgIpc) is 2.54. The number of aliphatic hydroxyl groups excluding tert-OH is 1. The molecule has 5 heteroatoms. The maximum Gasteiger partial charge on any atom is 0.0724 e. The summed E-state index contributed by atoms with van der Waals surface area (Å²) in [5, 5.41) is 9.81. The van der Waals surface area contributed by atoms with Crippen molar-refractivity contribution in [3.8, 4) is 0 Å². The Labute approximate surface area is 124 Å². The highest BCUT2D eigenvalue weighted by Crippen LogP contribution is 2.32. The van der Waals surface area contributed by atoms with Crippen molar-refractivity contribution < 1.29 is 9.84 Å². The van der Waals surface area contributed by atoms with E-state index in [0.29, 0.717) is 6.61 Å². The van der Waals surface area contributed by atoms with E-state index in [9.17, 15) is 0 Å². The number of rotatable bonds is 4. The second-order valence-corrected chi connectivity index (χ2v) is 5.35. The third kappa shape index (κ3) is 2.94. The third-order valence-electron chi connectivity index (χ3n) is 4.03. The molecule has 2 aromatic rings. The van der Waals surface area contributed by atoms with Crippen LogP contribution in [0, 0.1) is 0 Å². The number of aliphatic hydroxyl groups is 1. The molecular weight excluding hydrogens is 266 g/mol. The standard InChI is InChI=1S/C16H21N3O2/c17-16-13-2-1-7-18-14(13)3-4-15(16)19-8-5-12(6-9-19)21-11-10-20/h1-4,7,12,20H,5-6,8-11,17H2. The second kappa shape index (κ2) is 6.28. The minimum Gasteiger partial charge on any atom is -0.396 e. The van der Waals surface area contributed by atoms with Crippen LogP contribution in [0.15, 0.2) is 30.5 Å². The van der Waals surface area contributed by atoms with Crippen molar-refractivity contribution in [3.63, 3.8) is 0 Å². The third-order valence-corrected chi connectivity index (χ3v) is 4.03. The molecule has 3 N–H and O–H groups in total. The van der Waals surface area contributed by atoms with Crippen molar-refractivity contribution in [1.29, 1.82) is 0 Å². The number of fused-ring (bicyclic) bond motifs is 1. The summed E-state index contributed by atoms with van der Waals surface area (Å²) in [6.07, 6.45) is 3.96. The summed E-state index contributed by atoms with van der Waals surface area (Å²) >= 11 is 0. The van der Waals surface area contributed by atoms with Gasteiger partial charge in [0.15, 0.2) is 0 Å². The van der Waals surface area contributed by atoms with E-state index in [4.69, 9.17) is 15.6 Å². The molecule has 0 bridgehead atoms. The lowest BCUT2D eigenvalue weighted by Crippen LogP contribution is -2.37. The first kappa shape index (κ1) is 14.1. The smallest absolute Gasteiger partial charge is 0.0724 e. The summed E-state index contributed by atoms with van der Waals surface area (Å²) in [4.78, 5) is 6.64. The number of nitrogen functional groups attached to an aromatic ring is 1. The lowest BCUT2D eigenvalue weighted by molar-refractivity contribution is 0.0159. The van der Waals surface area contributed by atoms with Gasteiger partial charge in [-0.25, -0.2) is 0 Å². The van der Waals surface area contributed by atoms with Crippen LogP contribution in [0.25, 0.3) is 10.9 Å². The number of ether oxygens (including phenoxy) is 1. The van der Waals surface area contributed by atoms with Gasteiger partial charge in [0.05, 0.1) is 36.2 Å². The summed E-state index contributed by atoms with van der Waals surface area (Å²) in [6, 6.07) is 8.00. The van der Waals surface area contributed by atoms with Crippen LogP contribution in [-0.4, -0.2) is 42.5 Å². The molecule has 1 aliphatic rings. The number of aromatic nitrogens is 1. The highest BCUT2D eigenvalue weighted by molar-refractivity contribution is 5.97. The lowest BCUT2D eigenvalue weighted by atomic mass is 10.0. The van der Waals surface area contributed by atoms with E-state index in [0.717, 1.165) is 48.2 Å². The maximum absolute atomic E-state index is 8.81. The molecule has 2 heterocycles. The van der Waals surface area contributed by atoms with Gasteiger partial charge in [0.2, 0.25) is 0 Å². The number of hydrogen-bond acceptors (Lipinski definition) is 5. The summed E-state index contributed by atoms with van der Waals surface area (Å²) in [5.74, 6) is 0. The van der Waals surface area contributed by atoms with Crippen LogP contribution in [0.3, 0.4) is 0 Å². The Hall–Kier alpha value is -1.85. The van der Waals surface area contributed by atoms with Crippen LogP contribution < -0.4 is 10.6 Å². The molecule has 112 valence electrons. The van der Waals surface area contributed by atoms with Crippen LogP contribution in [0.5, 0.6) is 0 Å². The second-order valence-electron chi connectivity index (χ2n) is 5.35. The molecule has 1 fully saturated rings. The molecule has 0 spiro atoms. The molecule has 1 aromatic carbocycles. The van der Waals surface area contributed by atoms with E-state index in [1.54, 1.807) is 6.20 Å². The van der Waals surface area contributed by atoms with E-state index in [-0.39, 0.29) is 12.7 Å². The van der Waals surface area contributed by atoms with E-state index < -0.39 is 0 Å². The van der Waals surface area contributed by atoms with Crippen molar-refractivity contribution in [2.45, 2.75) is 18.9 Å². The molecule has 0 aliphatic carbocycles. The molecule has 1 aliphatic heterocycles. The Morgan fingerprint density at radius 1 is 1.29 bits per heavy atom. The first-order valence-corrected chi connectivity index (χ1v) is 7.40. The minimum absolute atomic E-state index is 0.0881. The number of nitrogens with two attached hydrogens (primary N) is 1. The van der Waals surface area contributed by atoms with Gasteiger partial charge in [0.1, 0.15) is 0 Å². The Bertz CT molecular complexity index is 609. The number of pyridine rings is 1. The van der Waals surface area contributed by atoms with Gasteiger partial charge in [0, 0.05) is 24.7 Å². The number of piperidine rings is 1. The quantitative estimate of drug-likeness (QED) is 0.839. The van der Waals surface area contributed by atoms with Crippen molar-refractivity contribution in [2.24, 2.45) is 0 Å². The highest BCUT2D eigenvalue weighted by Gasteiger charge is 2.21. The zero-order valence-electron chi connectivity index (χ0n) is 12.0. The molecule has 1 aromatic heterocycles. The topological polar surface area (TPSA) is 71.6 Å². The average molecular weight is 287 g/mol. The zero-order chi connectivity index (χ0) is 14.7. The lowest BCUT2D eigenvalue weighted by Gasteiger charge is -2.34. The van der Waals surface area contributed by atoms with E-state index >= 15 is 0 Å². The molecule has 5 nitrogen and oxygen atoms in total. The molecule has 3 rings (SSSR count). The molecule has 1 saturated heterocycles. The summed E-state index contributed by atoms with van der Waals surface area (Å²) in [6.45, 7) is 2.36. The normalized spacial score (nSPS) is 16.5. The minimum atomic E-state index is 0.0881. The predicted octanol–water partition coefficient (Wildman–Crippen LogP) is 1.79. The molecule has 0 amide bonds. The largest absolute Gasteiger partial charge is 0.396 e. The first-order valence-electron chi connectivity index (χ1n) is 7.40. The first-order chi connectivity index (χ1) is 10.3. The number of benzene rings is 1. The molecule has 21 heavy (non-hydrogen) atoms. The van der Waals surface area contributed by atoms with E-state index in [1.807, 2.05) is 18.2 Å². The zero-order valence-corrected chi connectivity index (χ0v) is 12.0. The molecule has 0 atom stereocenters. The Balaban J connectivity index is 1.75. The van der Waals surface area contributed by atoms with Crippen LogP contribution in [0.2, 0.25) is 0 Å². The summed E-state index contributed by atoms with van der Waals surface area (Å²) in [7, 11) is 0. The SMILES string of the molecule is Nc1c(N2CCC(OCCO)CC2)ccc2ncccc12. The monoisotopic (exact) mass is 287 g/mol. The number of hydrogen-bond donors (Lipinski definition) is 2. The fourth-order valence-corrected chi connectivity index (χ4v) is 2.92. The fourth-order valence-electron chi connectivity index (χ4n) is 2.92. The van der Waals surface area contributed by atoms with Gasteiger partial charge in [-0.2, -0.15) is 0 Å². The summed E-state index contributed by atoms with van der Waals surface area (Å²) < 4.78 is 5.60. The van der Waals surface area contributed by atoms with E-state index in [1.165, 1.54) is 0 Å². The Kier molecular flexibility index (Phi) is 4.22.